The van der Waals surface area contributed by atoms with Gasteiger partial charge in [0, 0.05) is 40.5 Å². The molecule has 0 radical (unpaired) electrons. The molecule has 5 unspecified atom stereocenters. The quantitative estimate of drug-likeness (QED) is 0.410. The molecule has 4 N–H and O–H groups in total. The Hall–Kier alpha value is -0.610. The number of Topliss-reactive ketones (excluding diaryl/α,β-unsaturated/α-hetero) is 1. The third-order valence-electron chi connectivity index (χ3n) is 9.66. The Morgan fingerprint density at radius 2 is 1.11 bits per heavy atom. The van der Waals surface area contributed by atoms with Gasteiger partial charge < -0.3 is 20.7 Å². The summed E-state index contributed by atoms with van der Waals surface area (Å²) >= 11 is 0. The van der Waals surface area contributed by atoms with Gasteiger partial charge in [-0.1, -0.05) is 0 Å². The third-order valence-corrected chi connectivity index (χ3v) is 9.66. The van der Waals surface area contributed by atoms with Crippen LogP contribution in [0.5, 0.6) is 0 Å². The second-order valence-corrected chi connectivity index (χ2v) is 14.4. The average Bonchev–Trinajstić information content (AvgIpc) is 2.71. The fourth-order valence-corrected chi connectivity index (χ4v) is 7.52. The van der Waals surface area contributed by atoms with Crippen molar-refractivity contribution in [3.8, 4) is 0 Å². The summed E-state index contributed by atoms with van der Waals surface area (Å²) in [5.41, 5.74) is -3.39. The predicted octanol–water partition coefficient (Wildman–Crippen LogP) is 4.91. The van der Waals surface area contributed by atoms with Crippen molar-refractivity contribution in [1.29, 1.82) is 0 Å². The molecule has 0 aromatic carbocycles. The summed E-state index contributed by atoms with van der Waals surface area (Å²) in [4.78, 5) is 12.5. The molecular weight excluding hydrogens is 446 g/mol. The Labute approximate surface area is 212 Å². The number of ketones is 1. The molecule has 5 atom stereocenters. The zero-order valence-electron chi connectivity index (χ0n) is 23.4. The first-order chi connectivity index (χ1) is 15.8. The van der Waals surface area contributed by atoms with E-state index in [0.717, 1.165) is 19.3 Å². The number of aliphatic hydroxyl groups is 1. The summed E-state index contributed by atoms with van der Waals surface area (Å²) in [6, 6.07) is 0. The Kier molecular flexibility index (Phi) is 7.69. The van der Waals surface area contributed by atoms with Gasteiger partial charge in [-0.3, -0.25) is 4.79 Å². The summed E-state index contributed by atoms with van der Waals surface area (Å²) in [5, 5.41) is 48.7. The second kappa shape index (κ2) is 9.29. The molecule has 0 spiro atoms. The molecule has 3 aliphatic heterocycles. The number of nitrogens with zero attached hydrogens (tertiary/aromatic N) is 3. The van der Waals surface area contributed by atoms with Gasteiger partial charge in [-0.25, -0.2) is 0 Å². The summed E-state index contributed by atoms with van der Waals surface area (Å²) < 4.78 is 0. The zero-order chi connectivity index (χ0) is 26.7. The van der Waals surface area contributed by atoms with E-state index in [1.807, 2.05) is 34.6 Å². The molecule has 35 heavy (non-hydrogen) atoms. The smallest absolute Gasteiger partial charge is 0.136 e. The molecule has 3 fully saturated rings. The van der Waals surface area contributed by atoms with E-state index in [2.05, 4.69) is 20.8 Å². The first kappa shape index (κ1) is 29.0. The van der Waals surface area contributed by atoms with Gasteiger partial charge in [-0.15, -0.1) is 0 Å². The molecule has 0 aromatic heterocycles. The Morgan fingerprint density at radius 3 is 1.66 bits per heavy atom. The molecule has 0 aromatic rings. The SMILES string of the molecule is CC1(C)CCCC(C)(CCC2(C)CC(O)CC(C)(CCC3(C)CC(=O)CC(C)(C)N3O)N2O)N1O. The van der Waals surface area contributed by atoms with Gasteiger partial charge in [-0.05, 0) is 113 Å². The molecule has 3 rings (SSSR count). The minimum absolute atomic E-state index is 0.138. The number of hydrogen-bond acceptors (Lipinski definition) is 8. The van der Waals surface area contributed by atoms with Crippen LogP contribution in [-0.2, 0) is 4.79 Å². The third kappa shape index (κ3) is 5.49. The Balaban J connectivity index is 1.75. The molecular formula is C27H51N3O5. The standard InChI is InChI=1S/C27H51N3O5/c1-22(2)10-9-11-24(5,28(22)33)12-13-26(7)18-21(32)19-27(8,30(26)35)15-14-25(6)17-20(31)16-23(3,4)29(25)34/h21,32-35H,9-19H2,1-8H3. The van der Waals surface area contributed by atoms with Crippen molar-refractivity contribution in [3.05, 3.63) is 0 Å². The molecule has 3 saturated heterocycles. The Bertz CT molecular complexity index is 806. The van der Waals surface area contributed by atoms with Crippen LogP contribution in [0.15, 0.2) is 0 Å². The highest BCUT2D eigenvalue weighted by atomic mass is 16.5. The number of rotatable bonds is 6. The van der Waals surface area contributed by atoms with Crippen LogP contribution in [0, 0.1) is 0 Å². The van der Waals surface area contributed by atoms with E-state index in [4.69, 9.17) is 0 Å². The minimum atomic E-state index is -0.722. The number of hydroxylamine groups is 6. The highest BCUT2D eigenvalue weighted by molar-refractivity contribution is 5.81. The maximum Gasteiger partial charge on any atom is 0.136 e. The van der Waals surface area contributed by atoms with Crippen LogP contribution in [0.1, 0.15) is 126 Å². The van der Waals surface area contributed by atoms with Crippen molar-refractivity contribution in [2.45, 2.75) is 165 Å². The molecule has 3 aliphatic rings. The monoisotopic (exact) mass is 497 g/mol. The number of carbonyl (C=O) groups excluding carboxylic acids is 1. The van der Waals surface area contributed by atoms with Crippen LogP contribution >= 0.6 is 0 Å². The summed E-state index contributed by atoms with van der Waals surface area (Å²) in [6.45, 7) is 15.9. The van der Waals surface area contributed by atoms with Gasteiger partial charge >= 0.3 is 0 Å². The van der Waals surface area contributed by atoms with E-state index in [0.29, 0.717) is 44.9 Å². The summed E-state index contributed by atoms with van der Waals surface area (Å²) in [6.07, 6.45) is 6.18. The molecule has 0 aliphatic carbocycles. The highest BCUT2D eigenvalue weighted by Gasteiger charge is 2.53. The first-order valence-electron chi connectivity index (χ1n) is 13.5. The van der Waals surface area contributed by atoms with Crippen molar-refractivity contribution < 1.29 is 25.5 Å². The van der Waals surface area contributed by atoms with Crippen molar-refractivity contribution in [1.82, 2.24) is 15.2 Å². The van der Waals surface area contributed by atoms with Crippen molar-refractivity contribution in [3.63, 3.8) is 0 Å². The van der Waals surface area contributed by atoms with E-state index >= 15 is 0 Å². The lowest BCUT2D eigenvalue weighted by Gasteiger charge is -2.56. The first-order valence-corrected chi connectivity index (χ1v) is 13.5. The normalized spacial score (nSPS) is 43.4. The van der Waals surface area contributed by atoms with Gasteiger partial charge in [0.2, 0.25) is 0 Å². The lowest BCUT2D eigenvalue weighted by molar-refractivity contribution is -0.285. The van der Waals surface area contributed by atoms with E-state index in [-0.39, 0.29) is 23.3 Å². The van der Waals surface area contributed by atoms with Crippen LogP contribution in [0.3, 0.4) is 0 Å². The largest absolute Gasteiger partial charge is 0.393 e. The lowest BCUT2D eigenvalue weighted by atomic mass is 9.70. The maximum atomic E-state index is 12.5. The number of hydrogen-bond donors (Lipinski definition) is 4. The average molecular weight is 498 g/mol. The zero-order valence-corrected chi connectivity index (χ0v) is 23.4. The van der Waals surface area contributed by atoms with E-state index in [9.17, 15) is 25.5 Å². The molecule has 0 saturated carbocycles. The highest BCUT2D eigenvalue weighted by Crippen LogP contribution is 2.47. The van der Waals surface area contributed by atoms with Crippen LogP contribution in [0.2, 0.25) is 0 Å². The van der Waals surface area contributed by atoms with E-state index < -0.39 is 28.3 Å². The van der Waals surface area contributed by atoms with Crippen molar-refractivity contribution in [2.24, 2.45) is 0 Å². The van der Waals surface area contributed by atoms with Crippen LogP contribution in [0.25, 0.3) is 0 Å². The number of carbonyl (C=O) groups is 1. The van der Waals surface area contributed by atoms with Gasteiger partial charge in [0.25, 0.3) is 0 Å². The van der Waals surface area contributed by atoms with Crippen molar-refractivity contribution >= 4 is 5.78 Å². The molecule has 3 heterocycles. The Morgan fingerprint density at radius 1 is 0.657 bits per heavy atom. The van der Waals surface area contributed by atoms with Gasteiger partial charge in [0.05, 0.1) is 11.6 Å². The molecule has 204 valence electrons. The van der Waals surface area contributed by atoms with Gasteiger partial charge in [-0.2, -0.15) is 15.2 Å². The fourth-order valence-electron chi connectivity index (χ4n) is 7.52. The second-order valence-electron chi connectivity index (χ2n) is 14.4. The predicted molar refractivity (Wildman–Crippen MR) is 134 cm³/mol. The molecule has 0 bridgehead atoms. The minimum Gasteiger partial charge on any atom is -0.393 e. The van der Waals surface area contributed by atoms with Crippen molar-refractivity contribution in [2.75, 3.05) is 0 Å². The maximum absolute atomic E-state index is 12.5. The number of piperidine rings is 3. The topological polar surface area (TPSA) is 108 Å². The van der Waals surface area contributed by atoms with Gasteiger partial charge in [0.15, 0.2) is 0 Å². The fraction of sp³-hybridized carbons (Fsp3) is 0.963. The molecule has 8 nitrogen and oxygen atoms in total. The van der Waals surface area contributed by atoms with Gasteiger partial charge in [0.1, 0.15) is 5.78 Å². The lowest BCUT2D eigenvalue weighted by Crippen LogP contribution is -2.65. The van der Waals surface area contributed by atoms with Crippen LogP contribution < -0.4 is 0 Å². The molecule has 8 heteroatoms. The summed E-state index contributed by atoms with van der Waals surface area (Å²) in [5.74, 6) is 0.138. The molecule has 0 amide bonds. The summed E-state index contributed by atoms with van der Waals surface area (Å²) in [7, 11) is 0. The van der Waals surface area contributed by atoms with E-state index in [1.165, 1.54) is 15.2 Å². The van der Waals surface area contributed by atoms with Crippen LogP contribution in [0.4, 0.5) is 0 Å². The van der Waals surface area contributed by atoms with E-state index in [1.54, 1.807) is 0 Å². The van der Waals surface area contributed by atoms with Crippen LogP contribution in [-0.4, -0.2) is 81.0 Å². The number of aliphatic hydroxyl groups excluding tert-OH is 1.